The molecular formula is C15H14BrNO3. The molecule has 0 saturated heterocycles. The molecule has 1 aromatic carbocycles. The average Bonchev–Trinajstić information content (AvgIpc) is 2.71. The van der Waals surface area contributed by atoms with Gasteiger partial charge in [0, 0.05) is 46.5 Å². The summed E-state index contributed by atoms with van der Waals surface area (Å²) in [5, 5.41) is 0.949. The maximum absolute atomic E-state index is 12.4. The van der Waals surface area contributed by atoms with Gasteiger partial charge in [-0.25, -0.2) is 0 Å². The minimum Gasteiger partial charge on any atom is -0.469 e. The lowest BCUT2D eigenvalue weighted by molar-refractivity contribution is -0.145. The molecule has 1 atom stereocenters. The molecule has 5 heteroatoms. The van der Waals surface area contributed by atoms with Crippen molar-refractivity contribution in [2.45, 2.75) is 12.8 Å². The molecule has 0 radical (unpaired) electrons. The molecule has 1 heterocycles. The van der Waals surface area contributed by atoms with Crippen LogP contribution in [0.4, 0.5) is 0 Å². The highest BCUT2D eigenvalue weighted by Crippen LogP contribution is 2.35. The number of aromatic nitrogens is 1. The second-order valence-electron chi connectivity index (χ2n) is 5.09. The number of Topliss-reactive ketones (excluding diaryl/α,β-unsaturated/α-hetero) is 1. The van der Waals surface area contributed by atoms with Gasteiger partial charge in [-0.2, -0.15) is 0 Å². The van der Waals surface area contributed by atoms with Gasteiger partial charge in [0.1, 0.15) is 0 Å². The third-order valence-corrected chi connectivity index (χ3v) is 4.46. The summed E-state index contributed by atoms with van der Waals surface area (Å²) in [7, 11) is 3.29. The number of benzene rings is 1. The van der Waals surface area contributed by atoms with Crippen LogP contribution in [0.1, 0.15) is 22.5 Å². The Hall–Kier alpha value is -1.62. The molecule has 1 aliphatic rings. The van der Waals surface area contributed by atoms with E-state index in [0.717, 1.165) is 26.6 Å². The maximum atomic E-state index is 12.4. The van der Waals surface area contributed by atoms with Crippen LogP contribution in [0.5, 0.6) is 0 Å². The van der Waals surface area contributed by atoms with Crippen LogP contribution in [0.2, 0.25) is 0 Å². The van der Waals surface area contributed by atoms with Crippen LogP contribution < -0.4 is 0 Å². The molecule has 4 nitrogen and oxygen atoms in total. The third kappa shape index (κ3) is 1.88. The summed E-state index contributed by atoms with van der Waals surface area (Å²) < 4.78 is 7.73. The first-order valence-electron chi connectivity index (χ1n) is 6.40. The van der Waals surface area contributed by atoms with E-state index in [1.807, 2.05) is 29.8 Å². The number of carbonyl (C=O) groups is 2. The monoisotopic (exact) mass is 335 g/mol. The molecule has 0 aliphatic heterocycles. The Kier molecular flexibility index (Phi) is 3.17. The first-order valence-corrected chi connectivity index (χ1v) is 7.20. The number of fused-ring (bicyclic) bond motifs is 3. The number of ketones is 1. The lowest BCUT2D eigenvalue weighted by Crippen LogP contribution is -2.28. The highest BCUT2D eigenvalue weighted by Gasteiger charge is 2.34. The van der Waals surface area contributed by atoms with Crippen LogP contribution >= 0.6 is 15.9 Å². The van der Waals surface area contributed by atoms with Crippen LogP contribution in [-0.4, -0.2) is 23.4 Å². The van der Waals surface area contributed by atoms with E-state index in [1.165, 1.54) is 7.11 Å². The molecule has 104 valence electrons. The quantitative estimate of drug-likeness (QED) is 0.753. The molecule has 1 aromatic heterocycles. The number of hydrogen-bond acceptors (Lipinski definition) is 3. The molecule has 0 amide bonds. The van der Waals surface area contributed by atoms with Gasteiger partial charge in [0.25, 0.3) is 0 Å². The van der Waals surface area contributed by atoms with E-state index in [1.54, 1.807) is 0 Å². The first-order chi connectivity index (χ1) is 9.52. The van der Waals surface area contributed by atoms with Crippen molar-refractivity contribution in [3.05, 3.63) is 33.9 Å². The van der Waals surface area contributed by atoms with Gasteiger partial charge in [-0.3, -0.25) is 9.59 Å². The predicted molar refractivity (Wildman–Crippen MR) is 78.8 cm³/mol. The van der Waals surface area contributed by atoms with E-state index in [2.05, 4.69) is 15.9 Å². The summed E-state index contributed by atoms with van der Waals surface area (Å²) in [6.07, 6.45) is 0.780. The fraction of sp³-hybridized carbons (Fsp3) is 0.333. The van der Waals surface area contributed by atoms with Crippen LogP contribution in [0.15, 0.2) is 22.7 Å². The number of rotatable bonds is 1. The number of nitrogens with zero attached hydrogens (tertiary/aromatic N) is 1. The summed E-state index contributed by atoms with van der Waals surface area (Å²) in [6.45, 7) is 0. The van der Waals surface area contributed by atoms with Gasteiger partial charge < -0.3 is 9.30 Å². The molecule has 0 saturated carbocycles. The van der Waals surface area contributed by atoms with E-state index in [-0.39, 0.29) is 24.1 Å². The Balaban J connectivity index is 2.20. The molecule has 0 bridgehead atoms. The molecule has 1 unspecified atom stereocenters. The molecule has 0 spiro atoms. The van der Waals surface area contributed by atoms with E-state index in [9.17, 15) is 9.59 Å². The smallest absolute Gasteiger partial charge is 0.309 e. The van der Waals surface area contributed by atoms with Crippen LogP contribution in [0.3, 0.4) is 0 Å². The van der Waals surface area contributed by atoms with Crippen molar-refractivity contribution in [2.75, 3.05) is 7.11 Å². The van der Waals surface area contributed by atoms with Gasteiger partial charge in [-0.1, -0.05) is 15.9 Å². The molecule has 2 aromatic rings. The van der Waals surface area contributed by atoms with Gasteiger partial charge in [-0.15, -0.1) is 0 Å². The first kappa shape index (κ1) is 13.4. The number of carbonyl (C=O) groups excluding carboxylic acids is 2. The summed E-state index contributed by atoms with van der Waals surface area (Å²) in [4.78, 5) is 24.1. The Morgan fingerprint density at radius 1 is 1.40 bits per heavy atom. The van der Waals surface area contributed by atoms with Gasteiger partial charge in [-0.05, 0) is 18.2 Å². The van der Waals surface area contributed by atoms with Crippen molar-refractivity contribution >= 4 is 38.6 Å². The maximum Gasteiger partial charge on any atom is 0.309 e. The molecule has 1 aliphatic carbocycles. The number of methoxy groups -OCH3 is 1. The number of halogens is 1. The zero-order chi connectivity index (χ0) is 14.4. The summed E-state index contributed by atoms with van der Waals surface area (Å²) in [6, 6.07) is 5.90. The Morgan fingerprint density at radius 2 is 2.15 bits per heavy atom. The van der Waals surface area contributed by atoms with E-state index < -0.39 is 0 Å². The SMILES string of the molecule is COC(=O)C1CC(=O)c2c(n(C)c3ccc(Br)cc23)C1. The van der Waals surface area contributed by atoms with E-state index in [4.69, 9.17) is 4.74 Å². The van der Waals surface area contributed by atoms with E-state index in [0.29, 0.717) is 6.42 Å². The van der Waals surface area contributed by atoms with Gasteiger partial charge in [0.2, 0.25) is 0 Å². The number of aryl methyl sites for hydroxylation is 1. The fourth-order valence-corrected chi connectivity index (χ4v) is 3.35. The van der Waals surface area contributed by atoms with Crippen LogP contribution in [0, 0.1) is 5.92 Å². The van der Waals surface area contributed by atoms with Gasteiger partial charge in [0.15, 0.2) is 5.78 Å². The predicted octanol–water partition coefficient (Wildman–Crippen LogP) is 2.86. The second-order valence-corrected chi connectivity index (χ2v) is 6.01. The fourth-order valence-electron chi connectivity index (χ4n) is 2.98. The highest BCUT2D eigenvalue weighted by atomic mass is 79.9. The molecule has 20 heavy (non-hydrogen) atoms. The zero-order valence-electron chi connectivity index (χ0n) is 11.3. The van der Waals surface area contributed by atoms with Crippen LogP contribution in [-0.2, 0) is 23.0 Å². The Morgan fingerprint density at radius 3 is 2.85 bits per heavy atom. The molecule has 3 rings (SSSR count). The van der Waals surface area contributed by atoms with Crippen molar-refractivity contribution in [1.29, 1.82) is 0 Å². The van der Waals surface area contributed by atoms with Gasteiger partial charge in [0.05, 0.1) is 13.0 Å². The molecular weight excluding hydrogens is 322 g/mol. The largest absolute Gasteiger partial charge is 0.469 e. The zero-order valence-corrected chi connectivity index (χ0v) is 12.9. The minimum absolute atomic E-state index is 0.0188. The normalized spacial score (nSPS) is 18.1. The minimum atomic E-state index is -0.369. The van der Waals surface area contributed by atoms with Crippen molar-refractivity contribution in [1.82, 2.24) is 4.57 Å². The van der Waals surface area contributed by atoms with Crippen molar-refractivity contribution in [2.24, 2.45) is 13.0 Å². The van der Waals surface area contributed by atoms with E-state index >= 15 is 0 Å². The number of hydrogen-bond donors (Lipinski definition) is 0. The summed E-state index contributed by atoms with van der Waals surface area (Å²) >= 11 is 3.44. The number of esters is 1. The highest BCUT2D eigenvalue weighted by molar-refractivity contribution is 9.10. The summed E-state index contributed by atoms with van der Waals surface area (Å²) in [5.41, 5.74) is 2.69. The van der Waals surface area contributed by atoms with Crippen LogP contribution in [0.25, 0.3) is 10.9 Å². The Labute approximate surface area is 124 Å². The lowest BCUT2D eigenvalue weighted by atomic mass is 9.86. The molecule has 0 fully saturated rings. The number of ether oxygens (including phenoxy) is 1. The topological polar surface area (TPSA) is 48.3 Å². The second kappa shape index (κ2) is 4.74. The van der Waals surface area contributed by atoms with Crippen molar-refractivity contribution < 1.29 is 14.3 Å². The Bertz CT molecular complexity index is 732. The third-order valence-electron chi connectivity index (χ3n) is 3.97. The average molecular weight is 336 g/mol. The van der Waals surface area contributed by atoms with Crippen molar-refractivity contribution in [3.63, 3.8) is 0 Å². The lowest BCUT2D eigenvalue weighted by Gasteiger charge is -2.20. The summed E-state index contributed by atoms with van der Waals surface area (Å²) in [5.74, 6) is -0.660. The van der Waals surface area contributed by atoms with Crippen molar-refractivity contribution in [3.8, 4) is 0 Å². The van der Waals surface area contributed by atoms with Gasteiger partial charge >= 0.3 is 5.97 Å². The standard InChI is InChI=1S/C15H14BrNO3/c1-17-11-4-3-9(16)7-10(11)14-12(17)5-8(6-13(14)18)15(19)20-2/h3-4,7-8H,5-6H2,1-2H3. The molecule has 0 N–H and O–H groups in total.